The van der Waals surface area contributed by atoms with Crippen molar-refractivity contribution >= 4 is 23.0 Å². The Balaban J connectivity index is 1.57. The Bertz CT molecular complexity index is 1220. The van der Waals surface area contributed by atoms with Crippen LogP contribution in [0.15, 0.2) is 84.1 Å². The zero-order valence-electron chi connectivity index (χ0n) is 17.0. The molecule has 5 nitrogen and oxygen atoms in total. The standard InChI is InChI=1S/C25H23N3O2/c1-18-8-3-4-9-20(18)16-28-17-21(23-12-5-6-13-24(23)28)15-26-27-25(29)19-10-7-11-22(14-19)30-2/h3-15,17H,16H2,1-2H3,(H,27,29)/b26-15+. The Morgan fingerprint density at radius 2 is 1.87 bits per heavy atom. The number of carbonyl (C=O) groups excluding carboxylic acids is 1. The lowest BCUT2D eigenvalue weighted by molar-refractivity contribution is 0.0955. The summed E-state index contributed by atoms with van der Waals surface area (Å²) in [4.78, 5) is 12.4. The molecule has 1 N–H and O–H groups in total. The number of rotatable bonds is 6. The Hall–Kier alpha value is -3.86. The monoisotopic (exact) mass is 397 g/mol. The van der Waals surface area contributed by atoms with E-state index in [0.717, 1.165) is 23.0 Å². The molecule has 0 radical (unpaired) electrons. The van der Waals surface area contributed by atoms with Crippen LogP contribution < -0.4 is 10.2 Å². The van der Waals surface area contributed by atoms with E-state index >= 15 is 0 Å². The summed E-state index contributed by atoms with van der Waals surface area (Å²) in [6.07, 6.45) is 3.76. The maximum atomic E-state index is 12.4. The van der Waals surface area contributed by atoms with Crippen molar-refractivity contribution in [3.63, 3.8) is 0 Å². The molecule has 1 heterocycles. The number of methoxy groups -OCH3 is 1. The molecule has 30 heavy (non-hydrogen) atoms. The average Bonchev–Trinajstić information content (AvgIpc) is 3.13. The third-order valence-corrected chi connectivity index (χ3v) is 5.12. The van der Waals surface area contributed by atoms with Crippen LogP contribution >= 0.6 is 0 Å². The van der Waals surface area contributed by atoms with Crippen molar-refractivity contribution in [3.05, 3.63) is 101 Å². The van der Waals surface area contributed by atoms with Crippen LogP contribution in [0.25, 0.3) is 10.9 Å². The maximum absolute atomic E-state index is 12.4. The summed E-state index contributed by atoms with van der Waals surface area (Å²) in [5.41, 5.74) is 7.70. The molecule has 4 aromatic rings. The van der Waals surface area contributed by atoms with Crippen molar-refractivity contribution in [2.75, 3.05) is 7.11 Å². The van der Waals surface area contributed by atoms with Gasteiger partial charge in [-0.2, -0.15) is 5.10 Å². The van der Waals surface area contributed by atoms with Gasteiger partial charge in [0.25, 0.3) is 5.91 Å². The number of aryl methyl sites for hydroxylation is 1. The van der Waals surface area contributed by atoms with Crippen molar-refractivity contribution in [2.45, 2.75) is 13.5 Å². The summed E-state index contributed by atoms with van der Waals surface area (Å²) in [5, 5.41) is 5.27. The van der Waals surface area contributed by atoms with Gasteiger partial charge in [0.2, 0.25) is 0 Å². The third-order valence-electron chi connectivity index (χ3n) is 5.12. The van der Waals surface area contributed by atoms with E-state index < -0.39 is 0 Å². The van der Waals surface area contributed by atoms with Gasteiger partial charge in [-0.1, -0.05) is 48.5 Å². The fraction of sp³-hybridized carbons (Fsp3) is 0.120. The van der Waals surface area contributed by atoms with Gasteiger partial charge in [0.15, 0.2) is 0 Å². The minimum Gasteiger partial charge on any atom is -0.497 e. The second-order valence-electron chi connectivity index (χ2n) is 7.09. The SMILES string of the molecule is COc1cccc(C(=O)N/N=C/c2cn(Cc3ccccc3C)c3ccccc23)c1. The van der Waals surface area contributed by atoms with Gasteiger partial charge in [-0.25, -0.2) is 5.43 Å². The average molecular weight is 397 g/mol. The Morgan fingerprint density at radius 1 is 1.07 bits per heavy atom. The van der Waals surface area contributed by atoms with E-state index in [0.29, 0.717) is 11.3 Å². The van der Waals surface area contributed by atoms with E-state index in [4.69, 9.17) is 4.74 Å². The number of amides is 1. The highest BCUT2D eigenvalue weighted by Gasteiger charge is 2.09. The lowest BCUT2D eigenvalue weighted by Gasteiger charge is -2.08. The maximum Gasteiger partial charge on any atom is 0.271 e. The largest absolute Gasteiger partial charge is 0.497 e. The van der Waals surface area contributed by atoms with Gasteiger partial charge in [0, 0.05) is 34.8 Å². The molecule has 3 aromatic carbocycles. The van der Waals surface area contributed by atoms with Crippen molar-refractivity contribution < 1.29 is 9.53 Å². The van der Waals surface area contributed by atoms with Crippen molar-refractivity contribution in [2.24, 2.45) is 5.10 Å². The molecule has 0 bridgehead atoms. The number of ether oxygens (including phenoxy) is 1. The molecule has 0 spiro atoms. The smallest absolute Gasteiger partial charge is 0.271 e. The lowest BCUT2D eigenvalue weighted by Crippen LogP contribution is -2.17. The molecule has 0 aliphatic rings. The molecule has 0 unspecified atom stereocenters. The Labute approximate surface area is 175 Å². The highest BCUT2D eigenvalue weighted by Crippen LogP contribution is 2.22. The van der Waals surface area contributed by atoms with Gasteiger partial charge in [-0.15, -0.1) is 0 Å². The highest BCUT2D eigenvalue weighted by molar-refractivity contribution is 6.00. The van der Waals surface area contributed by atoms with E-state index in [1.54, 1.807) is 37.6 Å². The van der Waals surface area contributed by atoms with E-state index in [9.17, 15) is 4.79 Å². The molecule has 0 saturated carbocycles. The van der Waals surface area contributed by atoms with Crippen LogP contribution in [-0.4, -0.2) is 23.8 Å². The summed E-state index contributed by atoms with van der Waals surface area (Å²) in [7, 11) is 1.57. The second-order valence-corrected chi connectivity index (χ2v) is 7.09. The summed E-state index contributed by atoms with van der Waals surface area (Å²) in [5.74, 6) is 0.347. The van der Waals surface area contributed by atoms with Crippen LogP contribution in [0.3, 0.4) is 0 Å². The molecular formula is C25H23N3O2. The highest BCUT2D eigenvalue weighted by atomic mass is 16.5. The van der Waals surface area contributed by atoms with Crippen LogP contribution in [-0.2, 0) is 6.54 Å². The predicted octanol–water partition coefficient (Wildman–Crippen LogP) is 4.77. The quantitative estimate of drug-likeness (QED) is 0.376. The number of nitrogens with one attached hydrogen (secondary N) is 1. The molecule has 0 fully saturated rings. The first-order valence-electron chi connectivity index (χ1n) is 9.75. The van der Waals surface area contributed by atoms with Crippen LogP contribution in [0.2, 0.25) is 0 Å². The van der Waals surface area contributed by atoms with Crippen LogP contribution in [0.5, 0.6) is 5.75 Å². The molecule has 4 rings (SSSR count). The molecule has 0 saturated heterocycles. The molecule has 1 amide bonds. The van der Waals surface area contributed by atoms with E-state index in [1.807, 2.05) is 12.1 Å². The molecule has 0 aliphatic carbocycles. The van der Waals surface area contributed by atoms with E-state index in [1.165, 1.54) is 11.1 Å². The fourth-order valence-electron chi connectivity index (χ4n) is 3.47. The van der Waals surface area contributed by atoms with Gasteiger partial charge in [0.1, 0.15) is 5.75 Å². The number of nitrogens with zero attached hydrogens (tertiary/aromatic N) is 2. The topological polar surface area (TPSA) is 55.6 Å². The fourth-order valence-corrected chi connectivity index (χ4v) is 3.47. The number of aromatic nitrogens is 1. The first kappa shape index (κ1) is 19.5. The van der Waals surface area contributed by atoms with E-state index in [-0.39, 0.29) is 5.91 Å². The summed E-state index contributed by atoms with van der Waals surface area (Å²) in [6.45, 7) is 2.90. The zero-order chi connectivity index (χ0) is 20.9. The minimum atomic E-state index is -0.284. The molecule has 0 aliphatic heterocycles. The van der Waals surface area contributed by atoms with E-state index in [2.05, 4.69) is 64.6 Å². The number of hydrazone groups is 1. The number of benzene rings is 3. The van der Waals surface area contributed by atoms with Gasteiger partial charge >= 0.3 is 0 Å². The number of carbonyl (C=O) groups is 1. The van der Waals surface area contributed by atoms with Crippen LogP contribution in [0.1, 0.15) is 27.0 Å². The summed E-state index contributed by atoms with van der Waals surface area (Å²) >= 11 is 0. The number of hydrogen-bond acceptors (Lipinski definition) is 3. The Kier molecular flexibility index (Phi) is 5.61. The van der Waals surface area contributed by atoms with Gasteiger partial charge < -0.3 is 9.30 Å². The van der Waals surface area contributed by atoms with Crippen molar-refractivity contribution in [1.82, 2.24) is 9.99 Å². The first-order chi connectivity index (χ1) is 14.7. The predicted molar refractivity (Wildman–Crippen MR) is 120 cm³/mol. The van der Waals surface area contributed by atoms with Crippen molar-refractivity contribution in [3.8, 4) is 5.75 Å². The first-order valence-corrected chi connectivity index (χ1v) is 9.75. The van der Waals surface area contributed by atoms with Crippen molar-refractivity contribution in [1.29, 1.82) is 0 Å². The number of fused-ring (bicyclic) bond motifs is 1. The molecule has 1 aromatic heterocycles. The van der Waals surface area contributed by atoms with Crippen LogP contribution in [0, 0.1) is 6.92 Å². The normalized spacial score (nSPS) is 11.1. The van der Waals surface area contributed by atoms with Crippen LogP contribution in [0.4, 0.5) is 0 Å². The number of hydrogen-bond donors (Lipinski definition) is 1. The number of para-hydroxylation sites is 1. The van der Waals surface area contributed by atoms with Gasteiger partial charge in [-0.05, 0) is 42.3 Å². The molecule has 150 valence electrons. The lowest BCUT2D eigenvalue weighted by atomic mass is 10.1. The molecular weight excluding hydrogens is 374 g/mol. The molecule has 5 heteroatoms. The van der Waals surface area contributed by atoms with Gasteiger partial charge in [0.05, 0.1) is 13.3 Å². The Morgan fingerprint density at radius 3 is 2.70 bits per heavy atom. The summed E-state index contributed by atoms with van der Waals surface area (Å²) in [6, 6.07) is 23.5. The van der Waals surface area contributed by atoms with Gasteiger partial charge in [-0.3, -0.25) is 4.79 Å². The summed E-state index contributed by atoms with van der Waals surface area (Å²) < 4.78 is 7.38. The third kappa shape index (κ3) is 4.10. The zero-order valence-corrected chi connectivity index (χ0v) is 17.0. The minimum absolute atomic E-state index is 0.284. The molecule has 0 atom stereocenters. The second kappa shape index (κ2) is 8.66.